The number of aromatic nitrogens is 5. The number of methoxy groups -OCH3 is 1. The summed E-state index contributed by atoms with van der Waals surface area (Å²) in [5.41, 5.74) is 2.77. The maximum Gasteiger partial charge on any atom is 0.233 e. The van der Waals surface area contributed by atoms with E-state index in [1.54, 1.807) is 24.4 Å². The molecule has 0 spiro atoms. The van der Waals surface area contributed by atoms with E-state index >= 15 is 0 Å². The number of aryl methyl sites for hydroxylation is 1. The number of hydrogen-bond acceptors (Lipinski definition) is 9. The molecule has 164 valence electrons. The summed E-state index contributed by atoms with van der Waals surface area (Å²) >= 11 is 0. The number of nitrogens with zero attached hydrogens (tertiary/aromatic N) is 5. The van der Waals surface area contributed by atoms with Gasteiger partial charge < -0.3 is 20.1 Å². The highest BCUT2D eigenvalue weighted by molar-refractivity contribution is 5.89. The molecule has 5 heterocycles. The normalized spacial score (nSPS) is 21.0. The van der Waals surface area contributed by atoms with E-state index in [2.05, 4.69) is 30.8 Å². The summed E-state index contributed by atoms with van der Waals surface area (Å²) in [4.78, 5) is 25.4. The van der Waals surface area contributed by atoms with Crippen molar-refractivity contribution >= 4 is 23.2 Å². The highest BCUT2D eigenvalue weighted by Crippen LogP contribution is 2.50. The van der Waals surface area contributed by atoms with E-state index in [-0.39, 0.29) is 11.3 Å². The lowest BCUT2D eigenvalue weighted by Gasteiger charge is -2.33. The van der Waals surface area contributed by atoms with Crippen molar-refractivity contribution in [2.75, 3.05) is 24.4 Å². The van der Waals surface area contributed by atoms with Crippen molar-refractivity contribution in [1.29, 1.82) is 0 Å². The zero-order chi connectivity index (χ0) is 22.3. The van der Waals surface area contributed by atoms with Gasteiger partial charge in [0.1, 0.15) is 17.5 Å². The summed E-state index contributed by atoms with van der Waals surface area (Å²) < 4.78 is 10.9. The quantitative estimate of drug-likeness (QED) is 0.604. The number of ether oxygens (including phenoxy) is 2. The summed E-state index contributed by atoms with van der Waals surface area (Å²) in [6, 6.07) is 7.16. The Labute approximate surface area is 184 Å². The van der Waals surface area contributed by atoms with Gasteiger partial charge in [0.25, 0.3) is 0 Å². The molecule has 0 radical (unpaired) electrons. The Hall–Kier alpha value is -3.66. The third kappa shape index (κ3) is 3.73. The Balaban J connectivity index is 1.52. The van der Waals surface area contributed by atoms with Crippen molar-refractivity contribution in [2.24, 2.45) is 0 Å². The summed E-state index contributed by atoms with van der Waals surface area (Å²) in [6.07, 6.45) is 3.89. The molecule has 2 bridgehead atoms. The fourth-order valence-corrected chi connectivity index (χ4v) is 4.16. The largest absolute Gasteiger partial charge is 0.480 e. The van der Waals surface area contributed by atoms with E-state index in [0.717, 1.165) is 24.4 Å². The summed E-state index contributed by atoms with van der Waals surface area (Å²) in [6.45, 7) is 4.05. The molecule has 32 heavy (non-hydrogen) atoms. The number of nitrogens with one attached hydrogen (secondary N) is 2. The van der Waals surface area contributed by atoms with Gasteiger partial charge in [-0.15, -0.1) is 10.2 Å². The fraction of sp³-hybridized carbons (Fsp3) is 0.364. The molecule has 1 amide bonds. The third-order valence-corrected chi connectivity index (χ3v) is 5.76. The number of amides is 1. The maximum absolute atomic E-state index is 11.5. The number of carbonyl (C=O) groups is 1. The minimum atomic E-state index is -0.208. The van der Waals surface area contributed by atoms with Crippen molar-refractivity contribution in [2.45, 2.75) is 38.2 Å². The Bertz CT molecular complexity index is 1170. The van der Waals surface area contributed by atoms with Gasteiger partial charge in [-0.25, -0.2) is 15.0 Å². The molecule has 1 saturated carbocycles. The predicted octanol–water partition coefficient (Wildman–Crippen LogP) is 2.78. The van der Waals surface area contributed by atoms with Crippen LogP contribution in [0.2, 0.25) is 0 Å². The van der Waals surface area contributed by atoms with E-state index in [0.29, 0.717) is 47.2 Å². The average Bonchev–Trinajstić information content (AvgIpc) is 3.36. The van der Waals surface area contributed by atoms with Crippen LogP contribution in [0.5, 0.6) is 5.88 Å². The highest BCUT2D eigenvalue weighted by atomic mass is 16.5. The SMILES string of the molecule is COc1ccc(-c2cnc(NC(C)=O)cc2Nc2cc(C)nc(C34COC(C3)C4)n2)nn1. The van der Waals surface area contributed by atoms with Crippen molar-refractivity contribution in [3.63, 3.8) is 0 Å². The number of fused-ring (bicyclic) bond motifs is 1. The first-order valence-electron chi connectivity index (χ1n) is 10.3. The second-order valence-electron chi connectivity index (χ2n) is 8.22. The van der Waals surface area contributed by atoms with E-state index in [1.807, 2.05) is 13.0 Å². The average molecular weight is 433 g/mol. The molecule has 0 unspecified atom stereocenters. The van der Waals surface area contributed by atoms with Crippen LogP contribution in [-0.4, -0.2) is 50.9 Å². The first-order chi connectivity index (χ1) is 15.4. The first kappa shape index (κ1) is 20.3. The summed E-state index contributed by atoms with van der Waals surface area (Å²) in [5.74, 6) is 2.08. The van der Waals surface area contributed by atoms with Crippen LogP contribution in [0.15, 0.2) is 30.5 Å². The third-order valence-electron chi connectivity index (χ3n) is 5.76. The minimum Gasteiger partial charge on any atom is -0.480 e. The predicted molar refractivity (Wildman–Crippen MR) is 117 cm³/mol. The topological polar surface area (TPSA) is 124 Å². The minimum absolute atomic E-state index is 0.0863. The Morgan fingerprint density at radius 2 is 2.03 bits per heavy atom. The molecule has 1 aliphatic carbocycles. The highest BCUT2D eigenvalue weighted by Gasteiger charge is 2.55. The smallest absolute Gasteiger partial charge is 0.233 e. The van der Waals surface area contributed by atoms with Gasteiger partial charge in [0.15, 0.2) is 0 Å². The molecule has 3 aromatic heterocycles. The molecule has 3 aliphatic rings. The molecule has 2 N–H and O–H groups in total. The zero-order valence-electron chi connectivity index (χ0n) is 18.0. The van der Waals surface area contributed by atoms with Crippen LogP contribution in [0, 0.1) is 6.92 Å². The van der Waals surface area contributed by atoms with Crippen LogP contribution >= 0.6 is 0 Å². The molecule has 6 rings (SSSR count). The molecule has 0 aromatic carbocycles. The Kier molecular flexibility index (Phi) is 4.93. The van der Waals surface area contributed by atoms with Crippen molar-refractivity contribution in [1.82, 2.24) is 25.1 Å². The monoisotopic (exact) mass is 433 g/mol. The molecule has 3 aromatic rings. The molecule has 10 heteroatoms. The number of carbonyl (C=O) groups excluding carboxylic acids is 1. The second-order valence-corrected chi connectivity index (χ2v) is 8.22. The van der Waals surface area contributed by atoms with E-state index in [1.165, 1.54) is 14.0 Å². The van der Waals surface area contributed by atoms with Gasteiger partial charge in [0, 0.05) is 42.6 Å². The van der Waals surface area contributed by atoms with Crippen LogP contribution in [-0.2, 0) is 14.9 Å². The van der Waals surface area contributed by atoms with E-state index < -0.39 is 0 Å². The van der Waals surface area contributed by atoms with Gasteiger partial charge in [-0.05, 0) is 25.8 Å². The van der Waals surface area contributed by atoms with Gasteiger partial charge in [0.2, 0.25) is 11.8 Å². The molecule has 2 aliphatic heterocycles. The van der Waals surface area contributed by atoms with Crippen LogP contribution in [0.4, 0.5) is 17.3 Å². The van der Waals surface area contributed by atoms with Crippen LogP contribution in [0.1, 0.15) is 31.3 Å². The van der Waals surface area contributed by atoms with Crippen molar-refractivity contribution < 1.29 is 14.3 Å². The van der Waals surface area contributed by atoms with Gasteiger partial charge in [-0.2, -0.15) is 0 Å². The molecule has 0 atom stereocenters. The summed E-state index contributed by atoms with van der Waals surface area (Å²) in [5, 5.41) is 14.4. The van der Waals surface area contributed by atoms with E-state index in [4.69, 9.17) is 14.5 Å². The molecular weight excluding hydrogens is 410 g/mol. The van der Waals surface area contributed by atoms with E-state index in [9.17, 15) is 4.79 Å². The standard InChI is InChI=1S/C22H23N7O3/c1-12-6-19(27-21(24-12)22-8-14(9-22)32-11-22)26-17-7-18(25-13(2)30)23-10-15(17)16-4-5-20(31-3)29-28-16/h4-7,10,14H,8-9,11H2,1-3H3,(H2,23,24,25,26,27,30). The Morgan fingerprint density at radius 1 is 1.19 bits per heavy atom. The molecular formula is C22H23N7O3. The first-order valence-corrected chi connectivity index (χ1v) is 10.3. The molecule has 2 saturated heterocycles. The van der Waals surface area contributed by atoms with Crippen LogP contribution in [0.25, 0.3) is 11.3 Å². The van der Waals surface area contributed by atoms with Gasteiger partial charge in [-0.1, -0.05) is 0 Å². The Morgan fingerprint density at radius 3 is 2.69 bits per heavy atom. The lowest BCUT2D eigenvalue weighted by atomic mass is 9.69. The maximum atomic E-state index is 11.5. The molecule has 10 nitrogen and oxygen atoms in total. The number of hydrogen-bond donors (Lipinski definition) is 2. The van der Waals surface area contributed by atoms with Crippen LogP contribution < -0.4 is 15.4 Å². The fourth-order valence-electron chi connectivity index (χ4n) is 4.16. The number of pyridine rings is 1. The van der Waals surface area contributed by atoms with Crippen LogP contribution in [0.3, 0.4) is 0 Å². The lowest BCUT2D eigenvalue weighted by Crippen LogP contribution is -2.39. The zero-order valence-corrected chi connectivity index (χ0v) is 18.0. The van der Waals surface area contributed by atoms with Crippen molar-refractivity contribution in [3.05, 3.63) is 42.0 Å². The number of anilines is 3. The summed E-state index contributed by atoms with van der Waals surface area (Å²) in [7, 11) is 1.54. The number of rotatable bonds is 6. The van der Waals surface area contributed by atoms with Gasteiger partial charge >= 0.3 is 0 Å². The van der Waals surface area contributed by atoms with Gasteiger partial charge in [-0.3, -0.25) is 4.79 Å². The second kappa shape index (κ2) is 7.79. The lowest BCUT2D eigenvalue weighted by molar-refractivity contribution is -0.114. The van der Waals surface area contributed by atoms with Crippen molar-refractivity contribution in [3.8, 4) is 17.1 Å². The molecule has 3 fully saturated rings. The van der Waals surface area contributed by atoms with Gasteiger partial charge in [0.05, 0.1) is 36.6 Å².